The summed E-state index contributed by atoms with van der Waals surface area (Å²) in [5.74, 6) is 2.30. The van der Waals surface area contributed by atoms with Crippen LogP contribution in [-0.4, -0.2) is 0 Å². The van der Waals surface area contributed by atoms with Crippen LogP contribution in [0.5, 0.6) is 17.2 Å². The first-order valence-electron chi connectivity index (χ1n) is 9.39. The Morgan fingerprint density at radius 1 is 0.571 bits per heavy atom. The Bertz CT molecular complexity index is 883. The molecule has 0 saturated heterocycles. The first-order valence-corrected chi connectivity index (χ1v) is 10.5. The van der Waals surface area contributed by atoms with Crippen molar-refractivity contribution in [2.75, 3.05) is 0 Å². The molecule has 0 heterocycles. The molecule has 28 heavy (non-hydrogen) atoms. The second-order valence-electron chi connectivity index (χ2n) is 7.77. The highest BCUT2D eigenvalue weighted by Gasteiger charge is 2.25. The minimum absolute atomic E-state index is 0.0527. The van der Waals surface area contributed by atoms with Gasteiger partial charge in [-0.05, 0) is 48.6 Å². The van der Waals surface area contributed by atoms with Crippen LogP contribution in [0.2, 0.25) is 0 Å². The van der Waals surface area contributed by atoms with E-state index >= 15 is 0 Å². The van der Waals surface area contributed by atoms with Crippen LogP contribution in [0.25, 0.3) is 0 Å². The smallest absolute Gasteiger partial charge is 0.408 e. The molecule has 4 heteroatoms. The Balaban J connectivity index is 1.93. The van der Waals surface area contributed by atoms with Gasteiger partial charge in [0.15, 0.2) is 0 Å². The largest absolute Gasteiger partial charge is 0.530 e. The lowest BCUT2D eigenvalue weighted by atomic mass is 9.86. The van der Waals surface area contributed by atoms with Crippen LogP contribution in [0.1, 0.15) is 37.5 Å². The highest BCUT2D eigenvalue weighted by Crippen LogP contribution is 2.46. The second-order valence-corrected chi connectivity index (χ2v) is 8.77. The summed E-state index contributed by atoms with van der Waals surface area (Å²) in [6.45, 7) is 10.5. The first kappa shape index (κ1) is 20.2. The molecule has 0 saturated carbocycles. The lowest BCUT2D eigenvalue weighted by Crippen LogP contribution is -2.13. The fourth-order valence-corrected chi connectivity index (χ4v) is 3.94. The summed E-state index contributed by atoms with van der Waals surface area (Å²) in [5, 5.41) is 0. The van der Waals surface area contributed by atoms with Crippen molar-refractivity contribution in [3.63, 3.8) is 0 Å². The van der Waals surface area contributed by atoms with Gasteiger partial charge in [-0.1, -0.05) is 75.4 Å². The summed E-state index contributed by atoms with van der Waals surface area (Å²) in [6.07, 6.45) is 0. The quantitative estimate of drug-likeness (QED) is 0.409. The van der Waals surface area contributed by atoms with Crippen LogP contribution in [0.3, 0.4) is 0 Å². The Kier molecular flexibility index (Phi) is 6.26. The fraction of sp³-hybridized carbons (Fsp3) is 0.250. The van der Waals surface area contributed by atoms with E-state index in [-0.39, 0.29) is 5.41 Å². The zero-order chi connectivity index (χ0) is 20.1. The number of hydrogen-bond donors (Lipinski definition) is 0. The Morgan fingerprint density at radius 2 is 0.964 bits per heavy atom. The van der Waals surface area contributed by atoms with E-state index in [1.807, 2.05) is 80.6 Å². The summed E-state index contributed by atoms with van der Waals surface area (Å²) >= 11 is 0. The Hall–Kier alpha value is -2.51. The number of aryl methyl sites for hydroxylation is 2. The zero-order valence-electron chi connectivity index (χ0n) is 17.1. The van der Waals surface area contributed by atoms with Gasteiger partial charge in [0, 0.05) is 5.56 Å². The molecule has 0 radical (unpaired) electrons. The Labute approximate surface area is 169 Å². The van der Waals surface area contributed by atoms with E-state index in [0.717, 1.165) is 33.9 Å². The lowest BCUT2D eigenvalue weighted by Gasteiger charge is -2.25. The number of para-hydroxylation sites is 3. The average molecular weight is 394 g/mol. The maximum atomic E-state index is 6.31. The molecule has 146 valence electrons. The van der Waals surface area contributed by atoms with Crippen molar-refractivity contribution in [1.82, 2.24) is 0 Å². The van der Waals surface area contributed by atoms with Gasteiger partial charge in [0.1, 0.15) is 17.2 Å². The van der Waals surface area contributed by atoms with Crippen LogP contribution in [0.4, 0.5) is 0 Å². The molecule has 0 spiro atoms. The predicted molar refractivity (Wildman–Crippen MR) is 116 cm³/mol. The molecule has 0 aliphatic carbocycles. The van der Waals surface area contributed by atoms with Crippen molar-refractivity contribution < 1.29 is 13.6 Å². The van der Waals surface area contributed by atoms with E-state index < -0.39 is 8.60 Å². The molecular weight excluding hydrogens is 367 g/mol. The molecule has 0 amide bonds. The summed E-state index contributed by atoms with van der Waals surface area (Å²) in [4.78, 5) is 0. The van der Waals surface area contributed by atoms with E-state index in [9.17, 15) is 0 Å². The van der Waals surface area contributed by atoms with Crippen LogP contribution < -0.4 is 13.6 Å². The van der Waals surface area contributed by atoms with Gasteiger partial charge in [0.05, 0.1) is 0 Å². The van der Waals surface area contributed by atoms with Crippen molar-refractivity contribution in [1.29, 1.82) is 0 Å². The van der Waals surface area contributed by atoms with Crippen LogP contribution in [0.15, 0.2) is 72.8 Å². The molecule has 3 nitrogen and oxygen atoms in total. The number of hydrogen-bond acceptors (Lipinski definition) is 3. The van der Waals surface area contributed by atoms with Crippen LogP contribution >= 0.6 is 8.60 Å². The highest BCUT2D eigenvalue weighted by molar-refractivity contribution is 7.43. The molecule has 0 bridgehead atoms. The van der Waals surface area contributed by atoms with Crippen molar-refractivity contribution in [2.45, 2.75) is 40.0 Å². The third kappa shape index (κ3) is 5.05. The zero-order valence-corrected chi connectivity index (χ0v) is 18.0. The van der Waals surface area contributed by atoms with Gasteiger partial charge >= 0.3 is 8.60 Å². The summed E-state index contributed by atoms with van der Waals surface area (Å²) in [6, 6.07) is 23.8. The van der Waals surface area contributed by atoms with Gasteiger partial charge in [0.25, 0.3) is 0 Å². The Morgan fingerprint density at radius 3 is 1.43 bits per heavy atom. The van der Waals surface area contributed by atoms with Gasteiger partial charge in [-0.15, -0.1) is 0 Å². The maximum absolute atomic E-state index is 6.31. The van der Waals surface area contributed by atoms with Gasteiger partial charge in [-0.25, -0.2) is 0 Å². The van der Waals surface area contributed by atoms with Crippen LogP contribution in [0, 0.1) is 13.8 Å². The predicted octanol–water partition coefficient (Wildman–Crippen LogP) is 7.36. The summed E-state index contributed by atoms with van der Waals surface area (Å²) < 4.78 is 18.7. The number of benzene rings is 3. The monoisotopic (exact) mass is 394 g/mol. The van der Waals surface area contributed by atoms with E-state index in [4.69, 9.17) is 13.6 Å². The SMILES string of the molecule is Cc1ccccc1OP(Oc1ccccc1C)Oc1ccccc1C(C)(C)C. The molecule has 3 aromatic carbocycles. The molecule has 0 fully saturated rings. The molecular formula is C24H27O3P. The minimum Gasteiger partial charge on any atom is -0.408 e. The highest BCUT2D eigenvalue weighted by atomic mass is 31.2. The molecule has 0 aromatic heterocycles. The third-order valence-corrected chi connectivity index (χ3v) is 5.44. The molecule has 3 aromatic rings. The summed E-state index contributed by atoms with van der Waals surface area (Å²) in [7, 11) is -1.69. The first-order chi connectivity index (χ1) is 13.3. The second kappa shape index (κ2) is 8.67. The molecule has 0 N–H and O–H groups in total. The van der Waals surface area contributed by atoms with E-state index in [2.05, 4.69) is 26.8 Å². The molecule has 0 aliphatic rings. The third-order valence-electron chi connectivity index (χ3n) is 4.40. The van der Waals surface area contributed by atoms with Crippen molar-refractivity contribution in [3.05, 3.63) is 89.5 Å². The maximum Gasteiger partial charge on any atom is 0.530 e. The van der Waals surface area contributed by atoms with Crippen LogP contribution in [-0.2, 0) is 5.41 Å². The van der Waals surface area contributed by atoms with Gasteiger partial charge < -0.3 is 13.6 Å². The van der Waals surface area contributed by atoms with Crippen molar-refractivity contribution >= 4 is 8.60 Å². The van der Waals surface area contributed by atoms with Crippen molar-refractivity contribution in [2.24, 2.45) is 0 Å². The van der Waals surface area contributed by atoms with E-state index in [1.165, 1.54) is 0 Å². The molecule has 0 aliphatic heterocycles. The topological polar surface area (TPSA) is 27.7 Å². The molecule has 3 rings (SSSR count). The normalized spacial score (nSPS) is 11.4. The van der Waals surface area contributed by atoms with E-state index in [0.29, 0.717) is 0 Å². The lowest BCUT2D eigenvalue weighted by molar-refractivity contribution is 0.380. The fourth-order valence-electron chi connectivity index (χ4n) is 2.78. The standard InChI is InChI=1S/C24H27O3P/c1-18-12-6-9-15-21(18)25-28(26-22-16-10-7-13-19(22)2)27-23-17-11-8-14-20(23)24(3,4)5/h6-17H,1-5H3. The number of rotatable bonds is 6. The van der Waals surface area contributed by atoms with Crippen molar-refractivity contribution in [3.8, 4) is 17.2 Å². The van der Waals surface area contributed by atoms with Gasteiger partial charge in [0.2, 0.25) is 0 Å². The summed E-state index contributed by atoms with van der Waals surface area (Å²) in [5.41, 5.74) is 3.14. The minimum atomic E-state index is -1.69. The average Bonchev–Trinajstić information content (AvgIpc) is 2.65. The van der Waals surface area contributed by atoms with Gasteiger partial charge in [-0.2, -0.15) is 0 Å². The van der Waals surface area contributed by atoms with Gasteiger partial charge in [-0.3, -0.25) is 0 Å². The molecule has 0 unspecified atom stereocenters. The molecule has 0 atom stereocenters. The van der Waals surface area contributed by atoms with E-state index in [1.54, 1.807) is 0 Å².